The Labute approximate surface area is 181 Å². The molecule has 30 heavy (non-hydrogen) atoms. The number of hydrogen-bond acceptors (Lipinski definition) is 4. The minimum absolute atomic E-state index is 0.0595. The lowest BCUT2D eigenvalue weighted by molar-refractivity contribution is -0.138. The van der Waals surface area contributed by atoms with Gasteiger partial charge in [-0.25, -0.2) is 9.69 Å². The van der Waals surface area contributed by atoms with Gasteiger partial charge in [-0.1, -0.05) is 71.7 Å². The molecule has 0 saturated carbocycles. The molecule has 1 heterocycles. The summed E-state index contributed by atoms with van der Waals surface area (Å²) < 4.78 is 0. The van der Waals surface area contributed by atoms with Crippen molar-refractivity contribution in [2.45, 2.75) is 0 Å². The molecule has 0 radical (unpaired) electrons. The van der Waals surface area contributed by atoms with Crippen LogP contribution < -0.4 is 4.90 Å². The van der Waals surface area contributed by atoms with E-state index in [-0.39, 0.29) is 26.2 Å². The summed E-state index contributed by atoms with van der Waals surface area (Å²) in [4.78, 5) is 51.4. The molecule has 6 nitrogen and oxygen atoms in total. The van der Waals surface area contributed by atoms with Gasteiger partial charge in [0.1, 0.15) is 0 Å². The zero-order valence-electron chi connectivity index (χ0n) is 15.2. The summed E-state index contributed by atoms with van der Waals surface area (Å²) in [5.41, 5.74) is 1.56. The second-order valence-electron chi connectivity index (χ2n) is 6.38. The summed E-state index contributed by atoms with van der Waals surface area (Å²) in [6, 6.07) is 18.7. The number of carbonyl (C=O) groups is 4. The van der Waals surface area contributed by atoms with Gasteiger partial charge in [-0.15, -0.1) is 0 Å². The molecule has 1 saturated heterocycles. The van der Waals surface area contributed by atoms with E-state index in [4.69, 9.17) is 23.2 Å². The summed E-state index contributed by atoms with van der Waals surface area (Å²) in [6.07, 6.45) is 0. The lowest BCUT2D eigenvalue weighted by Gasteiger charge is -2.16. The van der Waals surface area contributed by atoms with Crippen molar-refractivity contribution in [2.24, 2.45) is 0 Å². The van der Waals surface area contributed by atoms with Gasteiger partial charge in [-0.05, 0) is 29.8 Å². The fourth-order valence-electron chi connectivity index (χ4n) is 3.12. The molecular formula is C22H12Cl2N2O4. The van der Waals surface area contributed by atoms with Crippen molar-refractivity contribution >= 4 is 52.6 Å². The minimum Gasteiger partial charge on any atom is -0.268 e. The average Bonchev–Trinajstić information content (AvgIpc) is 2.97. The fourth-order valence-corrected chi connectivity index (χ4v) is 3.62. The number of anilines is 1. The number of hydrogen-bond donors (Lipinski definition) is 0. The maximum absolute atomic E-state index is 12.8. The van der Waals surface area contributed by atoms with Crippen LogP contribution in [0.1, 0.15) is 10.4 Å². The smallest absolute Gasteiger partial charge is 0.268 e. The average molecular weight is 439 g/mol. The Morgan fingerprint density at radius 3 is 2.07 bits per heavy atom. The van der Waals surface area contributed by atoms with E-state index in [1.54, 1.807) is 12.1 Å². The van der Waals surface area contributed by atoms with Crippen molar-refractivity contribution in [1.82, 2.24) is 4.90 Å². The molecule has 0 atom stereocenters. The second kappa shape index (κ2) is 7.74. The Kier molecular flexibility index (Phi) is 5.11. The molecule has 1 aliphatic heterocycles. The van der Waals surface area contributed by atoms with Gasteiger partial charge in [0.05, 0.1) is 21.3 Å². The summed E-state index contributed by atoms with van der Waals surface area (Å²) in [7, 11) is 0. The predicted octanol–water partition coefficient (Wildman–Crippen LogP) is 4.80. The molecule has 0 bridgehead atoms. The number of urea groups is 1. The third-order valence-electron chi connectivity index (χ3n) is 4.57. The van der Waals surface area contributed by atoms with E-state index >= 15 is 0 Å². The van der Waals surface area contributed by atoms with E-state index in [0.717, 1.165) is 5.56 Å². The van der Waals surface area contributed by atoms with Gasteiger partial charge in [-0.2, -0.15) is 4.90 Å². The molecule has 0 aromatic heterocycles. The highest BCUT2D eigenvalue weighted by Crippen LogP contribution is 2.33. The summed E-state index contributed by atoms with van der Waals surface area (Å²) >= 11 is 12.4. The zero-order chi connectivity index (χ0) is 21.4. The summed E-state index contributed by atoms with van der Waals surface area (Å²) in [5.74, 6) is -3.38. The van der Waals surface area contributed by atoms with Gasteiger partial charge in [-0.3, -0.25) is 14.4 Å². The molecule has 5 amide bonds. The first kappa shape index (κ1) is 19.8. The van der Waals surface area contributed by atoms with E-state index in [2.05, 4.69) is 0 Å². The molecule has 0 unspecified atom stereocenters. The molecule has 0 spiro atoms. The van der Waals surface area contributed by atoms with Crippen LogP contribution in [0, 0.1) is 0 Å². The maximum atomic E-state index is 12.8. The van der Waals surface area contributed by atoms with Crippen molar-refractivity contribution in [3.63, 3.8) is 0 Å². The van der Waals surface area contributed by atoms with Gasteiger partial charge < -0.3 is 0 Å². The second-order valence-corrected chi connectivity index (χ2v) is 7.19. The van der Waals surface area contributed by atoms with Crippen molar-refractivity contribution in [1.29, 1.82) is 0 Å². The van der Waals surface area contributed by atoms with Crippen LogP contribution >= 0.6 is 23.2 Å². The van der Waals surface area contributed by atoms with E-state index in [1.807, 2.05) is 30.3 Å². The standard InChI is InChI=1S/C22H12Cl2N2O4/c23-17-9-5-4-8-16(17)19(27)26-21(29)20(28)25(22(26)30)14-10-11-15(18(24)12-14)13-6-2-1-3-7-13/h1-12H. The molecule has 1 fully saturated rings. The monoisotopic (exact) mass is 438 g/mol. The van der Waals surface area contributed by atoms with Crippen LogP contribution in [0.3, 0.4) is 0 Å². The molecule has 148 valence electrons. The number of amides is 5. The topological polar surface area (TPSA) is 74.8 Å². The lowest BCUT2D eigenvalue weighted by atomic mass is 10.1. The van der Waals surface area contributed by atoms with Crippen molar-refractivity contribution in [2.75, 3.05) is 4.90 Å². The highest BCUT2D eigenvalue weighted by Gasteiger charge is 2.49. The molecule has 0 N–H and O–H groups in total. The molecule has 8 heteroatoms. The quantitative estimate of drug-likeness (QED) is 0.334. The van der Waals surface area contributed by atoms with Gasteiger partial charge in [0.25, 0.3) is 5.91 Å². The van der Waals surface area contributed by atoms with Crippen LogP contribution in [-0.4, -0.2) is 28.7 Å². The number of carbonyl (C=O) groups excluding carboxylic acids is 4. The normalized spacial score (nSPS) is 13.9. The maximum Gasteiger partial charge on any atom is 0.346 e. The Morgan fingerprint density at radius 1 is 0.733 bits per heavy atom. The Bertz CT molecular complexity index is 1210. The number of rotatable bonds is 3. The van der Waals surface area contributed by atoms with E-state index < -0.39 is 23.8 Å². The van der Waals surface area contributed by atoms with E-state index in [0.29, 0.717) is 10.5 Å². The van der Waals surface area contributed by atoms with Crippen LogP contribution in [0.25, 0.3) is 11.1 Å². The van der Waals surface area contributed by atoms with Gasteiger partial charge in [0, 0.05) is 5.56 Å². The lowest BCUT2D eigenvalue weighted by Crippen LogP contribution is -2.38. The molecule has 3 aromatic carbocycles. The Balaban J connectivity index is 1.69. The molecule has 4 rings (SSSR count). The SMILES string of the molecule is O=C1C(=O)N(c2ccc(-c3ccccc3)c(Cl)c2)C(=O)N1C(=O)c1ccccc1Cl. The number of imide groups is 4. The molecule has 1 aliphatic rings. The van der Waals surface area contributed by atoms with E-state index in [9.17, 15) is 19.2 Å². The number of halogens is 2. The molecule has 3 aromatic rings. The Morgan fingerprint density at radius 2 is 1.40 bits per heavy atom. The van der Waals surface area contributed by atoms with Gasteiger partial charge in [0.15, 0.2) is 0 Å². The van der Waals surface area contributed by atoms with Crippen molar-refractivity contribution in [3.05, 3.63) is 88.4 Å². The first-order valence-electron chi connectivity index (χ1n) is 8.76. The fraction of sp³-hybridized carbons (Fsp3) is 0. The van der Waals surface area contributed by atoms with Gasteiger partial charge in [0.2, 0.25) is 0 Å². The van der Waals surface area contributed by atoms with E-state index in [1.165, 1.54) is 30.3 Å². The highest BCUT2D eigenvalue weighted by molar-refractivity contribution is 6.56. The van der Waals surface area contributed by atoms with Crippen molar-refractivity contribution < 1.29 is 19.2 Å². The number of benzene rings is 3. The third kappa shape index (κ3) is 3.26. The van der Waals surface area contributed by atoms with Crippen LogP contribution in [-0.2, 0) is 9.59 Å². The third-order valence-corrected chi connectivity index (χ3v) is 5.22. The number of nitrogens with zero attached hydrogens (tertiary/aromatic N) is 2. The van der Waals surface area contributed by atoms with Crippen LogP contribution in [0.4, 0.5) is 10.5 Å². The molecule has 0 aliphatic carbocycles. The van der Waals surface area contributed by atoms with Crippen molar-refractivity contribution in [3.8, 4) is 11.1 Å². The largest absolute Gasteiger partial charge is 0.346 e. The summed E-state index contributed by atoms with van der Waals surface area (Å²) in [5, 5.41) is 0.340. The minimum atomic E-state index is -1.26. The van der Waals surface area contributed by atoms with Crippen LogP contribution in [0.15, 0.2) is 72.8 Å². The predicted molar refractivity (Wildman–Crippen MR) is 112 cm³/mol. The zero-order valence-corrected chi connectivity index (χ0v) is 16.7. The van der Waals surface area contributed by atoms with Crippen LogP contribution in [0.5, 0.6) is 0 Å². The molecular weight excluding hydrogens is 427 g/mol. The van der Waals surface area contributed by atoms with Crippen LogP contribution in [0.2, 0.25) is 10.0 Å². The summed E-state index contributed by atoms with van der Waals surface area (Å²) in [6.45, 7) is 0. The first-order chi connectivity index (χ1) is 14.4. The van der Waals surface area contributed by atoms with Gasteiger partial charge >= 0.3 is 17.8 Å². The Hall–Kier alpha value is -3.48. The first-order valence-corrected chi connectivity index (χ1v) is 9.52. The highest BCUT2D eigenvalue weighted by atomic mass is 35.5.